The van der Waals surface area contributed by atoms with E-state index in [1.165, 1.54) is 50.6 Å². The Morgan fingerprint density at radius 3 is 3.05 bits per heavy atom. The first-order chi connectivity index (χ1) is 9.73. The molecule has 1 aromatic heterocycles. The van der Waals surface area contributed by atoms with Crippen LogP contribution in [0.3, 0.4) is 0 Å². The molecule has 3 saturated carbocycles. The molecule has 4 aliphatic rings. The van der Waals surface area contributed by atoms with Gasteiger partial charge >= 0.3 is 0 Å². The summed E-state index contributed by atoms with van der Waals surface area (Å²) >= 11 is 1.61. The van der Waals surface area contributed by atoms with Crippen molar-refractivity contribution in [1.82, 2.24) is 9.55 Å². The molecular weight excluding hydrogens is 268 g/mol. The van der Waals surface area contributed by atoms with Gasteiger partial charge in [0.2, 0.25) is 5.91 Å². The van der Waals surface area contributed by atoms with E-state index in [0.717, 1.165) is 22.9 Å². The van der Waals surface area contributed by atoms with Crippen molar-refractivity contribution in [1.29, 1.82) is 0 Å². The maximum absolute atomic E-state index is 11.9. The molecule has 3 fully saturated rings. The fourth-order valence-corrected chi connectivity index (χ4v) is 6.41. The summed E-state index contributed by atoms with van der Waals surface area (Å²) in [6, 6.07) is 0. The first-order valence-corrected chi connectivity index (χ1v) is 8.98. The number of carbonyl (C=O) groups excluding carboxylic acids is 1. The number of fused-ring (bicyclic) bond motifs is 3. The summed E-state index contributed by atoms with van der Waals surface area (Å²) in [4.78, 5) is 16.7. The molecule has 2 heterocycles. The zero-order valence-electron chi connectivity index (χ0n) is 11.7. The molecule has 5 rings (SSSR count). The number of aromatic nitrogens is 2. The summed E-state index contributed by atoms with van der Waals surface area (Å²) in [6.07, 6.45) is 11.9. The largest absolute Gasteiger partial charge is 0.273 e. The Kier molecular flexibility index (Phi) is 2.31. The predicted octanol–water partition coefficient (Wildman–Crippen LogP) is 3.49. The van der Waals surface area contributed by atoms with Gasteiger partial charge in [-0.15, -0.1) is 0 Å². The standard InChI is InChI=1S/C16H20N2OS/c19-14-9-20-15-17-13(8-18(14)15)16-5-10-2-1-3-11(6-16)12(4-10)7-16/h8,10-12H,1-7,9H2. The SMILES string of the molecule is O=C1CSc2nc(C34CC5CCCC(C3)C(C5)C4)cn21. The second kappa shape index (κ2) is 3.90. The van der Waals surface area contributed by atoms with Crippen LogP contribution in [0.25, 0.3) is 0 Å². The third kappa shape index (κ3) is 1.49. The molecule has 0 radical (unpaired) electrons. The van der Waals surface area contributed by atoms with E-state index in [4.69, 9.17) is 4.98 Å². The number of nitrogens with zero attached hydrogens (tertiary/aromatic N) is 2. The lowest BCUT2D eigenvalue weighted by atomic mass is 9.68. The van der Waals surface area contributed by atoms with E-state index in [1.54, 1.807) is 11.8 Å². The van der Waals surface area contributed by atoms with Gasteiger partial charge in [0.25, 0.3) is 0 Å². The summed E-state index contributed by atoms with van der Waals surface area (Å²) < 4.78 is 1.81. The number of rotatable bonds is 1. The molecule has 1 aromatic rings. The number of hydrogen-bond donors (Lipinski definition) is 0. The van der Waals surface area contributed by atoms with E-state index >= 15 is 0 Å². The molecule has 0 spiro atoms. The van der Waals surface area contributed by atoms with Crippen LogP contribution in [0.2, 0.25) is 0 Å². The van der Waals surface area contributed by atoms with Crippen LogP contribution in [-0.4, -0.2) is 21.2 Å². The zero-order chi connectivity index (χ0) is 13.3. The molecule has 106 valence electrons. The second-order valence-electron chi connectivity index (χ2n) is 7.41. The van der Waals surface area contributed by atoms with Crippen molar-refractivity contribution in [3.05, 3.63) is 11.9 Å². The predicted molar refractivity (Wildman–Crippen MR) is 78.0 cm³/mol. The van der Waals surface area contributed by atoms with Crippen LogP contribution in [0.5, 0.6) is 0 Å². The highest BCUT2D eigenvalue weighted by Gasteiger charge is 2.53. The number of carbonyl (C=O) groups is 1. The molecular formula is C16H20N2OS. The van der Waals surface area contributed by atoms with Crippen molar-refractivity contribution in [2.24, 2.45) is 17.8 Å². The van der Waals surface area contributed by atoms with Crippen molar-refractivity contribution in [2.45, 2.75) is 55.5 Å². The van der Waals surface area contributed by atoms with Crippen molar-refractivity contribution in [3.8, 4) is 0 Å². The van der Waals surface area contributed by atoms with Crippen LogP contribution < -0.4 is 0 Å². The van der Waals surface area contributed by atoms with E-state index in [9.17, 15) is 4.79 Å². The third-order valence-electron chi connectivity index (χ3n) is 6.29. The van der Waals surface area contributed by atoms with Gasteiger partial charge in [-0.3, -0.25) is 9.36 Å². The van der Waals surface area contributed by atoms with Crippen LogP contribution >= 0.6 is 11.8 Å². The fraction of sp³-hybridized carbons (Fsp3) is 0.750. The van der Waals surface area contributed by atoms with Gasteiger partial charge in [0.15, 0.2) is 5.16 Å². The maximum Gasteiger partial charge on any atom is 0.243 e. The Balaban J connectivity index is 1.57. The van der Waals surface area contributed by atoms with Crippen LogP contribution in [0.15, 0.2) is 11.4 Å². The van der Waals surface area contributed by atoms with Gasteiger partial charge in [-0.2, -0.15) is 0 Å². The molecule has 0 amide bonds. The molecule has 0 aromatic carbocycles. The highest BCUT2D eigenvalue weighted by atomic mass is 32.2. The Morgan fingerprint density at radius 1 is 1.25 bits per heavy atom. The summed E-state index contributed by atoms with van der Waals surface area (Å²) in [5, 5.41) is 0.943. The Hall–Kier alpha value is -0.770. The quantitative estimate of drug-likeness (QED) is 0.793. The maximum atomic E-state index is 11.9. The fourth-order valence-electron chi connectivity index (χ4n) is 5.56. The van der Waals surface area contributed by atoms with E-state index in [-0.39, 0.29) is 5.91 Å². The van der Waals surface area contributed by atoms with Gasteiger partial charge in [0.05, 0.1) is 11.4 Å². The van der Waals surface area contributed by atoms with Gasteiger partial charge in [-0.25, -0.2) is 4.98 Å². The number of imidazole rings is 1. The summed E-state index contributed by atoms with van der Waals surface area (Å²) in [5.41, 5.74) is 1.56. The molecule has 1 aliphatic heterocycles. The Morgan fingerprint density at radius 2 is 2.15 bits per heavy atom. The zero-order valence-corrected chi connectivity index (χ0v) is 12.5. The van der Waals surface area contributed by atoms with E-state index in [1.807, 2.05) is 4.57 Å². The first-order valence-electron chi connectivity index (χ1n) is 7.99. The second-order valence-corrected chi connectivity index (χ2v) is 8.35. The Labute approximate surface area is 123 Å². The monoisotopic (exact) mass is 288 g/mol. The van der Waals surface area contributed by atoms with Gasteiger partial charge in [-0.05, 0) is 43.4 Å². The van der Waals surface area contributed by atoms with Crippen LogP contribution in [0.4, 0.5) is 0 Å². The highest BCUT2D eigenvalue weighted by molar-refractivity contribution is 8.00. The van der Waals surface area contributed by atoms with E-state index < -0.39 is 0 Å². The minimum atomic E-state index is 0.214. The average molecular weight is 288 g/mol. The van der Waals surface area contributed by atoms with Gasteiger partial charge in [-0.1, -0.05) is 31.0 Å². The van der Waals surface area contributed by atoms with Crippen LogP contribution in [0, 0.1) is 17.8 Å². The van der Waals surface area contributed by atoms with Gasteiger partial charge < -0.3 is 0 Å². The van der Waals surface area contributed by atoms with Crippen molar-refractivity contribution >= 4 is 17.7 Å². The summed E-state index contributed by atoms with van der Waals surface area (Å²) in [6.45, 7) is 0. The van der Waals surface area contributed by atoms with E-state index in [2.05, 4.69) is 6.20 Å². The summed E-state index contributed by atoms with van der Waals surface area (Å²) in [5.74, 6) is 3.58. The molecule has 0 saturated heterocycles. The summed E-state index contributed by atoms with van der Waals surface area (Å²) in [7, 11) is 0. The third-order valence-corrected chi connectivity index (χ3v) is 7.22. The molecule has 3 bridgehead atoms. The minimum absolute atomic E-state index is 0.214. The lowest BCUT2D eigenvalue weighted by molar-refractivity contribution is 0.0939. The average Bonchev–Trinajstić information content (AvgIpc) is 3.03. The molecule has 0 N–H and O–H groups in total. The van der Waals surface area contributed by atoms with Crippen molar-refractivity contribution < 1.29 is 4.79 Å². The van der Waals surface area contributed by atoms with E-state index in [0.29, 0.717) is 11.2 Å². The smallest absolute Gasteiger partial charge is 0.243 e. The van der Waals surface area contributed by atoms with Gasteiger partial charge in [0.1, 0.15) is 0 Å². The van der Waals surface area contributed by atoms with Crippen molar-refractivity contribution in [2.75, 3.05) is 5.75 Å². The molecule has 4 atom stereocenters. The first kappa shape index (κ1) is 11.8. The topological polar surface area (TPSA) is 34.9 Å². The Bertz CT molecular complexity index is 591. The van der Waals surface area contributed by atoms with Gasteiger partial charge in [0, 0.05) is 11.6 Å². The molecule has 4 unspecified atom stereocenters. The van der Waals surface area contributed by atoms with Crippen molar-refractivity contribution in [3.63, 3.8) is 0 Å². The lowest BCUT2D eigenvalue weighted by Crippen LogP contribution is -2.31. The molecule has 4 heteroatoms. The lowest BCUT2D eigenvalue weighted by Gasteiger charge is -2.36. The number of hydrogen-bond acceptors (Lipinski definition) is 3. The molecule has 3 nitrogen and oxygen atoms in total. The minimum Gasteiger partial charge on any atom is -0.273 e. The highest BCUT2D eigenvalue weighted by Crippen LogP contribution is 2.60. The molecule has 3 aliphatic carbocycles. The number of thioether (sulfide) groups is 1. The molecule has 20 heavy (non-hydrogen) atoms. The van der Waals surface area contributed by atoms with Crippen LogP contribution in [0.1, 0.15) is 55.4 Å². The van der Waals surface area contributed by atoms with Crippen LogP contribution in [-0.2, 0) is 5.41 Å². The normalized spacial score (nSPS) is 42.0.